The molecule has 1 N–H and O–H groups in total. The van der Waals surface area contributed by atoms with E-state index in [1.54, 1.807) is 13.2 Å². The minimum absolute atomic E-state index is 0.327. The molecule has 7 nitrogen and oxygen atoms in total. The maximum absolute atomic E-state index is 5.22. The van der Waals surface area contributed by atoms with Crippen LogP contribution in [0.3, 0.4) is 0 Å². The zero-order valence-corrected chi connectivity index (χ0v) is 11.3. The van der Waals surface area contributed by atoms with Crippen molar-refractivity contribution in [1.82, 2.24) is 25.4 Å². The Morgan fingerprint density at radius 2 is 2.26 bits per heavy atom. The molecule has 0 aromatic carbocycles. The van der Waals surface area contributed by atoms with Crippen LogP contribution < -0.4 is 10.1 Å². The van der Waals surface area contributed by atoms with Crippen molar-refractivity contribution < 1.29 is 9.26 Å². The fraction of sp³-hybridized carbons (Fsp3) is 0.500. The van der Waals surface area contributed by atoms with Crippen molar-refractivity contribution in [2.45, 2.75) is 25.8 Å². The lowest BCUT2D eigenvalue weighted by molar-refractivity contribution is 0.359. The molecule has 0 spiro atoms. The van der Waals surface area contributed by atoms with Crippen LogP contribution in [-0.2, 0) is 6.42 Å². The van der Waals surface area contributed by atoms with Crippen molar-refractivity contribution in [3.8, 4) is 17.4 Å². The van der Waals surface area contributed by atoms with Gasteiger partial charge in [0.1, 0.15) is 12.0 Å². The van der Waals surface area contributed by atoms with Gasteiger partial charge >= 0.3 is 0 Å². The Labute approximate surface area is 111 Å². The molecule has 0 aliphatic rings. The van der Waals surface area contributed by atoms with Gasteiger partial charge in [0, 0.05) is 18.5 Å². The van der Waals surface area contributed by atoms with E-state index >= 15 is 0 Å². The number of hydrogen-bond donors (Lipinski definition) is 1. The highest BCUT2D eigenvalue weighted by Gasteiger charge is 2.14. The molecule has 2 aromatic heterocycles. The first kappa shape index (κ1) is 13.4. The molecule has 1 unspecified atom stereocenters. The van der Waals surface area contributed by atoms with E-state index in [-0.39, 0.29) is 0 Å². The molecule has 0 amide bonds. The lowest BCUT2D eigenvalue weighted by Crippen LogP contribution is -2.26. The van der Waals surface area contributed by atoms with E-state index in [0.717, 1.165) is 6.42 Å². The maximum Gasteiger partial charge on any atom is 0.228 e. The first-order valence-electron chi connectivity index (χ1n) is 6.13. The predicted molar refractivity (Wildman–Crippen MR) is 68.7 cm³/mol. The number of rotatable bonds is 6. The van der Waals surface area contributed by atoms with E-state index in [0.29, 0.717) is 35.8 Å². The number of methoxy groups -OCH3 is 1. The summed E-state index contributed by atoms with van der Waals surface area (Å²) in [6, 6.07) is 2.00. The van der Waals surface area contributed by atoms with E-state index in [9.17, 15) is 0 Å². The molecule has 0 aliphatic heterocycles. The molecule has 102 valence electrons. The van der Waals surface area contributed by atoms with Gasteiger partial charge in [-0.3, -0.25) is 0 Å². The Balaban J connectivity index is 2.15. The smallest absolute Gasteiger partial charge is 0.228 e. The van der Waals surface area contributed by atoms with Crippen LogP contribution in [0.25, 0.3) is 11.5 Å². The van der Waals surface area contributed by atoms with Gasteiger partial charge in [0.15, 0.2) is 0 Å². The Morgan fingerprint density at radius 1 is 1.42 bits per heavy atom. The Morgan fingerprint density at radius 3 is 2.95 bits per heavy atom. The standard InChI is InChI=1S/C12H17N5O2/c1-4-8(13-2)5-11-16-12(17-19-11)9-6-10(18-3)15-7-14-9/h6-8,13H,4-5H2,1-3H3. The molecule has 0 saturated heterocycles. The summed E-state index contributed by atoms with van der Waals surface area (Å²) in [5.74, 6) is 1.51. The predicted octanol–water partition coefficient (Wildman–Crippen LogP) is 1.08. The number of nitrogens with zero attached hydrogens (tertiary/aromatic N) is 4. The molecule has 7 heteroatoms. The van der Waals surface area contributed by atoms with E-state index in [1.165, 1.54) is 6.33 Å². The largest absolute Gasteiger partial charge is 0.481 e. The molecule has 0 radical (unpaired) electrons. The zero-order chi connectivity index (χ0) is 13.7. The number of nitrogens with one attached hydrogen (secondary N) is 1. The second-order valence-electron chi connectivity index (χ2n) is 4.06. The van der Waals surface area contributed by atoms with Crippen LogP contribution in [-0.4, -0.2) is 40.3 Å². The van der Waals surface area contributed by atoms with Gasteiger partial charge in [-0.05, 0) is 13.5 Å². The molecule has 0 bridgehead atoms. The topological polar surface area (TPSA) is 86.0 Å². The minimum atomic E-state index is 0.327. The fourth-order valence-electron chi connectivity index (χ4n) is 1.68. The number of ether oxygens (including phenoxy) is 1. The quantitative estimate of drug-likeness (QED) is 0.834. The highest BCUT2D eigenvalue weighted by molar-refractivity contribution is 5.49. The first-order valence-corrected chi connectivity index (χ1v) is 6.13. The summed E-state index contributed by atoms with van der Waals surface area (Å²) in [6.07, 6.45) is 3.10. The molecule has 0 fully saturated rings. The summed E-state index contributed by atoms with van der Waals surface area (Å²) in [6.45, 7) is 2.10. The van der Waals surface area contributed by atoms with E-state index in [1.807, 2.05) is 7.05 Å². The molecule has 2 rings (SSSR count). The number of likely N-dealkylation sites (N-methyl/N-ethyl adjacent to an activating group) is 1. The summed E-state index contributed by atoms with van der Waals surface area (Å²) < 4.78 is 10.3. The molecular formula is C12H17N5O2. The van der Waals surface area contributed by atoms with Crippen molar-refractivity contribution in [3.05, 3.63) is 18.3 Å². The van der Waals surface area contributed by atoms with E-state index in [4.69, 9.17) is 9.26 Å². The van der Waals surface area contributed by atoms with Gasteiger partial charge in [0.2, 0.25) is 17.6 Å². The van der Waals surface area contributed by atoms with Gasteiger partial charge in [-0.1, -0.05) is 12.1 Å². The highest BCUT2D eigenvalue weighted by atomic mass is 16.5. The van der Waals surface area contributed by atoms with Crippen LogP contribution >= 0.6 is 0 Å². The highest BCUT2D eigenvalue weighted by Crippen LogP contribution is 2.17. The van der Waals surface area contributed by atoms with E-state index in [2.05, 4.69) is 32.3 Å². The Bertz CT molecular complexity index is 524. The monoisotopic (exact) mass is 263 g/mol. The van der Waals surface area contributed by atoms with Gasteiger partial charge in [0.05, 0.1) is 7.11 Å². The van der Waals surface area contributed by atoms with Crippen molar-refractivity contribution in [1.29, 1.82) is 0 Å². The summed E-state index contributed by atoms with van der Waals surface area (Å²) in [5, 5.41) is 7.12. The minimum Gasteiger partial charge on any atom is -0.481 e. The Hall–Kier alpha value is -2.02. The van der Waals surface area contributed by atoms with Gasteiger partial charge < -0.3 is 14.6 Å². The Kier molecular flexibility index (Phi) is 4.40. The average molecular weight is 263 g/mol. The molecule has 19 heavy (non-hydrogen) atoms. The summed E-state index contributed by atoms with van der Waals surface area (Å²) >= 11 is 0. The number of hydrogen-bond acceptors (Lipinski definition) is 7. The molecule has 1 atom stereocenters. The van der Waals surface area contributed by atoms with Crippen LogP contribution in [0.1, 0.15) is 19.2 Å². The van der Waals surface area contributed by atoms with Gasteiger partial charge in [-0.2, -0.15) is 4.98 Å². The van der Waals surface area contributed by atoms with Crippen LogP contribution in [0, 0.1) is 0 Å². The van der Waals surface area contributed by atoms with Crippen LogP contribution in [0.4, 0.5) is 0 Å². The van der Waals surface area contributed by atoms with Crippen LogP contribution in [0.15, 0.2) is 16.9 Å². The number of aromatic nitrogens is 4. The van der Waals surface area contributed by atoms with Crippen LogP contribution in [0.2, 0.25) is 0 Å². The summed E-state index contributed by atoms with van der Waals surface area (Å²) in [4.78, 5) is 12.4. The zero-order valence-electron chi connectivity index (χ0n) is 11.3. The van der Waals surface area contributed by atoms with Crippen molar-refractivity contribution in [3.63, 3.8) is 0 Å². The van der Waals surface area contributed by atoms with Crippen LogP contribution in [0.5, 0.6) is 5.88 Å². The molecule has 2 heterocycles. The van der Waals surface area contributed by atoms with Crippen molar-refractivity contribution in [2.24, 2.45) is 0 Å². The lowest BCUT2D eigenvalue weighted by atomic mass is 10.1. The third kappa shape index (κ3) is 3.25. The van der Waals surface area contributed by atoms with Gasteiger partial charge in [0.25, 0.3) is 0 Å². The molecular weight excluding hydrogens is 246 g/mol. The van der Waals surface area contributed by atoms with Gasteiger partial charge in [-0.15, -0.1) is 0 Å². The van der Waals surface area contributed by atoms with Gasteiger partial charge in [-0.25, -0.2) is 9.97 Å². The normalized spacial score (nSPS) is 12.4. The summed E-state index contributed by atoms with van der Waals surface area (Å²) in [5.41, 5.74) is 0.583. The first-order chi connectivity index (χ1) is 9.26. The average Bonchev–Trinajstić information content (AvgIpc) is 2.93. The lowest BCUT2D eigenvalue weighted by Gasteiger charge is -2.09. The van der Waals surface area contributed by atoms with Crippen molar-refractivity contribution >= 4 is 0 Å². The molecule has 0 aliphatic carbocycles. The molecule has 2 aromatic rings. The summed E-state index contributed by atoms with van der Waals surface area (Å²) in [7, 11) is 3.47. The molecule has 0 saturated carbocycles. The third-order valence-corrected chi connectivity index (χ3v) is 2.87. The third-order valence-electron chi connectivity index (χ3n) is 2.87. The fourth-order valence-corrected chi connectivity index (χ4v) is 1.68. The van der Waals surface area contributed by atoms with E-state index < -0.39 is 0 Å². The second-order valence-corrected chi connectivity index (χ2v) is 4.06. The van der Waals surface area contributed by atoms with Crippen molar-refractivity contribution in [2.75, 3.05) is 14.2 Å². The SMILES string of the molecule is CCC(Cc1nc(-c2cc(OC)ncn2)no1)NC. The second kappa shape index (κ2) is 6.24. The maximum atomic E-state index is 5.22.